The quantitative estimate of drug-likeness (QED) is 0.289. The van der Waals surface area contributed by atoms with Crippen LogP contribution in [0.4, 0.5) is 0 Å². The first kappa shape index (κ1) is 36.6. The monoisotopic (exact) mass is 762 g/mol. The molecule has 0 amide bonds. The number of benzene rings is 1. The Morgan fingerprint density at radius 1 is 1.04 bits per heavy atom. The fraction of sp³-hybridized carbons (Fsp3) is 0.610. The molecule has 55 heavy (non-hydrogen) atoms. The standard InChI is InChI=1S/C41H46O14/c1-8-21(2)41-53-33-39(47)32(52-31(45)23-12-10-9-11-13-23)34(4)20-37(39,46)36(6,25(34)16-28(43)48-7)38(54-41)18-27(50-22(3)42)35(5)26(40(33,38)55-41)17-29(44)51-30(35)24-14-15-49-19-24/h9-15,17,19,21,25,27,30,32-33,46-47H,8,16,18,20H2,1-7H3/t21?,25-,27-,30-,32-,33+,34-,35-,36+,37+,38-,39-,40+,41-/m0/s1. The van der Waals surface area contributed by atoms with Gasteiger partial charge in [0.2, 0.25) is 0 Å². The minimum atomic E-state index is -2.43. The molecule has 1 aromatic carbocycles. The predicted molar refractivity (Wildman–Crippen MR) is 185 cm³/mol. The summed E-state index contributed by atoms with van der Waals surface area (Å²) >= 11 is 0. The molecule has 294 valence electrons. The second-order valence-electron chi connectivity index (χ2n) is 17.2. The van der Waals surface area contributed by atoms with E-state index >= 15 is 0 Å². The highest BCUT2D eigenvalue weighted by Crippen LogP contribution is 2.88. The molecule has 14 nitrogen and oxygen atoms in total. The van der Waals surface area contributed by atoms with Crippen LogP contribution in [0.2, 0.25) is 0 Å². The molecule has 14 atom stereocenters. The second-order valence-corrected chi connectivity index (χ2v) is 17.2. The Balaban J connectivity index is 1.36. The van der Waals surface area contributed by atoms with Gasteiger partial charge >= 0.3 is 23.9 Å². The van der Waals surface area contributed by atoms with Crippen LogP contribution >= 0.6 is 0 Å². The number of hydrogen-bond acceptors (Lipinski definition) is 14. The minimum absolute atomic E-state index is 0.137. The molecular formula is C41H46O14. The zero-order valence-corrected chi connectivity index (χ0v) is 31.8. The van der Waals surface area contributed by atoms with Gasteiger partial charge in [0, 0.05) is 48.2 Å². The van der Waals surface area contributed by atoms with Crippen molar-refractivity contribution in [1.29, 1.82) is 0 Å². The highest BCUT2D eigenvalue weighted by atomic mass is 17.0. The fourth-order valence-electron chi connectivity index (χ4n) is 12.7. The Bertz CT molecular complexity index is 2030. The number of ether oxygens (including phenoxy) is 7. The van der Waals surface area contributed by atoms with Gasteiger partial charge in [-0.05, 0) is 49.5 Å². The van der Waals surface area contributed by atoms with Crippen LogP contribution in [0, 0.1) is 28.1 Å². The number of cyclic esters (lactones) is 1. The highest BCUT2D eigenvalue weighted by molar-refractivity contribution is 5.90. The lowest BCUT2D eigenvalue weighted by atomic mass is 9.34. The van der Waals surface area contributed by atoms with Crippen molar-refractivity contribution in [3.05, 3.63) is 71.7 Å². The van der Waals surface area contributed by atoms with Gasteiger partial charge in [-0.25, -0.2) is 9.59 Å². The van der Waals surface area contributed by atoms with Crippen LogP contribution in [0.3, 0.4) is 0 Å². The molecule has 1 aromatic heterocycles. The molecule has 4 heterocycles. The van der Waals surface area contributed by atoms with E-state index in [0.717, 1.165) is 0 Å². The van der Waals surface area contributed by atoms with Gasteiger partial charge in [0.1, 0.15) is 35.6 Å². The number of methoxy groups -OCH3 is 1. The van der Waals surface area contributed by atoms with Crippen molar-refractivity contribution in [1.82, 2.24) is 0 Å². The van der Waals surface area contributed by atoms with E-state index < -0.39 is 105 Å². The molecule has 4 aliphatic carbocycles. The zero-order valence-electron chi connectivity index (χ0n) is 31.8. The smallest absolute Gasteiger partial charge is 0.338 e. The van der Waals surface area contributed by atoms with Crippen LogP contribution in [0.5, 0.6) is 0 Å². The van der Waals surface area contributed by atoms with Gasteiger partial charge in [0.15, 0.2) is 11.2 Å². The molecule has 14 heteroatoms. The first-order valence-corrected chi connectivity index (χ1v) is 18.9. The first-order chi connectivity index (χ1) is 25.9. The average molecular weight is 763 g/mol. The third kappa shape index (κ3) is 3.83. The summed E-state index contributed by atoms with van der Waals surface area (Å²) in [5, 5.41) is 27.4. The molecule has 2 saturated heterocycles. The van der Waals surface area contributed by atoms with Crippen molar-refractivity contribution >= 4 is 23.9 Å². The molecule has 4 bridgehead atoms. The van der Waals surface area contributed by atoms with Crippen LogP contribution in [-0.4, -0.2) is 87.9 Å². The van der Waals surface area contributed by atoms with Crippen molar-refractivity contribution < 1.29 is 67.0 Å². The summed E-state index contributed by atoms with van der Waals surface area (Å²) < 4.78 is 50.9. The van der Waals surface area contributed by atoms with Gasteiger partial charge in [-0.1, -0.05) is 45.9 Å². The lowest BCUT2D eigenvalue weighted by Crippen LogP contribution is -2.93. The molecule has 4 saturated carbocycles. The Hall–Kier alpha value is -4.08. The summed E-state index contributed by atoms with van der Waals surface area (Å²) in [4.78, 5) is 54.6. The summed E-state index contributed by atoms with van der Waals surface area (Å²) in [6, 6.07) is 9.92. The molecule has 1 spiro atoms. The molecule has 2 aromatic rings. The van der Waals surface area contributed by atoms with E-state index in [1.807, 2.05) is 13.8 Å². The molecule has 9 rings (SSSR count). The van der Waals surface area contributed by atoms with Gasteiger partial charge in [0.05, 0.1) is 30.6 Å². The number of hydrogen-bond donors (Lipinski definition) is 2. The fourth-order valence-corrected chi connectivity index (χ4v) is 12.7. The molecule has 0 radical (unpaired) electrons. The van der Waals surface area contributed by atoms with Gasteiger partial charge in [0.25, 0.3) is 5.97 Å². The summed E-state index contributed by atoms with van der Waals surface area (Å²) in [5.74, 6) is -6.04. The number of carbonyl (C=O) groups is 4. The van der Waals surface area contributed by atoms with E-state index in [9.17, 15) is 29.4 Å². The Kier molecular flexibility index (Phi) is 7.35. The average Bonchev–Trinajstić information content (AvgIpc) is 3.94. The third-order valence-corrected chi connectivity index (χ3v) is 15.1. The Morgan fingerprint density at radius 3 is 2.40 bits per heavy atom. The van der Waals surface area contributed by atoms with Gasteiger partial charge in [-0.15, -0.1) is 0 Å². The number of aliphatic hydroxyl groups is 2. The molecule has 6 fully saturated rings. The molecule has 7 aliphatic rings. The Labute approximate surface area is 317 Å². The first-order valence-electron chi connectivity index (χ1n) is 18.9. The molecule has 1 unspecified atom stereocenters. The van der Waals surface area contributed by atoms with Crippen LogP contribution in [0.15, 0.2) is 65.0 Å². The van der Waals surface area contributed by atoms with Crippen molar-refractivity contribution in [3.63, 3.8) is 0 Å². The zero-order chi connectivity index (χ0) is 39.4. The number of fused-ring (bicyclic) bond motifs is 4. The summed E-state index contributed by atoms with van der Waals surface area (Å²) in [5.41, 5.74) is -11.7. The van der Waals surface area contributed by atoms with Crippen LogP contribution in [0.25, 0.3) is 0 Å². The molecule has 3 aliphatic heterocycles. The maximum absolute atomic E-state index is 14.1. The van der Waals surface area contributed by atoms with E-state index in [1.54, 1.807) is 57.2 Å². The SMILES string of the molecule is CCC(C)[C@@]12O[C@@H]3[C@@]4(O)[C@@H](OC(=O)c5ccccc5)[C@@]5(C)C[C@@]4(O)[C@@](C)([C@H]5CC(=O)OC)[C@]4(C[C@H](OC(C)=O)[C@]5(C)C(=CC(=O)O[C@H]5c5ccoc5)[C@@]34O1)O2. The van der Waals surface area contributed by atoms with E-state index in [0.29, 0.717) is 12.0 Å². The maximum Gasteiger partial charge on any atom is 0.338 e. The van der Waals surface area contributed by atoms with Crippen LogP contribution in [-0.2, 0) is 47.5 Å². The van der Waals surface area contributed by atoms with E-state index in [-0.39, 0.29) is 30.4 Å². The van der Waals surface area contributed by atoms with Gasteiger partial charge in [-0.2, -0.15) is 0 Å². The van der Waals surface area contributed by atoms with E-state index in [1.165, 1.54) is 32.6 Å². The van der Waals surface area contributed by atoms with Gasteiger partial charge < -0.3 is 47.8 Å². The van der Waals surface area contributed by atoms with Crippen LogP contribution < -0.4 is 0 Å². The summed E-state index contributed by atoms with van der Waals surface area (Å²) in [6.45, 7) is 10.4. The van der Waals surface area contributed by atoms with Gasteiger partial charge in [-0.3, -0.25) is 9.59 Å². The van der Waals surface area contributed by atoms with Crippen molar-refractivity contribution in [2.75, 3.05) is 7.11 Å². The lowest BCUT2D eigenvalue weighted by molar-refractivity contribution is -0.457. The maximum atomic E-state index is 14.1. The number of rotatable bonds is 8. The summed E-state index contributed by atoms with van der Waals surface area (Å²) in [6.07, 6.45) is -1.13. The topological polar surface area (TPSA) is 186 Å². The van der Waals surface area contributed by atoms with E-state index in [4.69, 9.17) is 37.6 Å². The van der Waals surface area contributed by atoms with Crippen molar-refractivity contribution in [2.45, 2.75) is 120 Å². The lowest BCUT2D eigenvalue weighted by Gasteiger charge is -2.76. The Morgan fingerprint density at radius 2 is 1.76 bits per heavy atom. The number of esters is 4. The number of carbonyl (C=O) groups excluding carboxylic acids is 4. The molecule has 2 N–H and O–H groups in total. The minimum Gasteiger partial charge on any atom is -0.472 e. The van der Waals surface area contributed by atoms with Crippen molar-refractivity contribution in [3.8, 4) is 0 Å². The summed E-state index contributed by atoms with van der Waals surface area (Å²) in [7, 11) is 1.26. The van der Waals surface area contributed by atoms with Crippen LogP contribution in [0.1, 0.15) is 89.3 Å². The number of furan rings is 1. The predicted octanol–water partition coefficient (Wildman–Crippen LogP) is 4.08. The van der Waals surface area contributed by atoms with Crippen molar-refractivity contribution in [2.24, 2.45) is 28.1 Å². The third-order valence-electron chi connectivity index (χ3n) is 15.1. The second kappa shape index (κ2) is 11.1. The normalized spacial score (nSPS) is 47.3. The highest BCUT2D eigenvalue weighted by Gasteiger charge is 3.03. The van der Waals surface area contributed by atoms with E-state index in [2.05, 4.69) is 0 Å². The largest absolute Gasteiger partial charge is 0.472 e. The molecular weight excluding hydrogens is 716 g/mol.